The molecule has 0 heterocycles. The monoisotopic (exact) mass is 222 g/mol. The van der Waals surface area contributed by atoms with E-state index in [-0.39, 0.29) is 0 Å². The van der Waals surface area contributed by atoms with Crippen LogP contribution in [0.2, 0.25) is 0 Å². The van der Waals surface area contributed by atoms with Gasteiger partial charge >= 0.3 is 0 Å². The van der Waals surface area contributed by atoms with Crippen molar-refractivity contribution in [1.82, 2.24) is 0 Å². The van der Waals surface area contributed by atoms with Gasteiger partial charge in [-0.25, -0.2) is 0 Å². The van der Waals surface area contributed by atoms with Crippen LogP contribution in [0.1, 0.15) is 6.92 Å². The average Bonchev–Trinajstić information content (AvgIpc) is 1.91. The molecule has 0 aromatic rings. The number of hydrogen-bond donors (Lipinski definition) is 0. The van der Waals surface area contributed by atoms with E-state index in [2.05, 4.69) is 0 Å². The third kappa shape index (κ3) is 22.9. The molecule has 0 aliphatic heterocycles. The minimum absolute atomic E-state index is 0.722. The Labute approximate surface area is 82.6 Å². The lowest BCUT2D eigenvalue weighted by atomic mass is 10.9. The smallest absolute Gasteiger partial charge is 0.0314 e. The molecule has 0 radical (unpaired) electrons. The quantitative estimate of drug-likeness (QED) is 0.520. The van der Waals surface area contributed by atoms with E-state index >= 15 is 0 Å². The zero-order valence-corrected chi connectivity index (χ0v) is 9.16. The van der Waals surface area contributed by atoms with Crippen molar-refractivity contribution in [3.63, 3.8) is 0 Å². The number of hydrogen-bond acceptors (Lipinski definition) is 1. The lowest BCUT2D eigenvalue weighted by Gasteiger charge is -1.89. The van der Waals surface area contributed by atoms with Crippen LogP contribution in [0, 0.1) is 0 Å². The Bertz CT molecular complexity index is 40.0. The van der Waals surface area contributed by atoms with E-state index in [1.54, 1.807) is 11.8 Å². The summed E-state index contributed by atoms with van der Waals surface area (Å²) in [4.78, 5) is 0. The third-order valence-corrected chi connectivity index (χ3v) is 2.25. The Balaban J connectivity index is 0. The molecule has 0 bridgehead atoms. The molecule has 0 rings (SSSR count). The first-order valence-electron chi connectivity index (χ1n) is 3.09. The van der Waals surface area contributed by atoms with Crippen LogP contribution in [-0.2, 0) is 0 Å². The second kappa shape index (κ2) is 16.7. The van der Waals surface area contributed by atoms with Gasteiger partial charge in [0.15, 0.2) is 0 Å². The van der Waals surface area contributed by atoms with E-state index in [1.165, 1.54) is 0 Å². The molecule has 0 atom stereocenters. The maximum absolute atomic E-state index is 5.37. The average molecular weight is 224 g/mol. The summed E-state index contributed by atoms with van der Waals surface area (Å²) in [5.41, 5.74) is 0. The molecule has 4 heteroatoms. The third-order valence-electron chi connectivity index (χ3n) is 0.443. The van der Waals surface area contributed by atoms with Crippen molar-refractivity contribution in [3.05, 3.63) is 0 Å². The fourth-order valence-corrected chi connectivity index (χ4v) is 1.29. The fraction of sp³-hybridized carbons (Fsp3) is 1.00. The van der Waals surface area contributed by atoms with Gasteiger partial charge in [-0.1, -0.05) is 6.92 Å². The molecule has 0 saturated heterocycles. The first-order valence-corrected chi connectivity index (χ1v) is 5.84. The topological polar surface area (TPSA) is 0 Å². The van der Waals surface area contributed by atoms with Crippen molar-refractivity contribution < 1.29 is 0 Å². The molecule has 0 fully saturated rings. The van der Waals surface area contributed by atoms with Crippen molar-refractivity contribution in [2.75, 3.05) is 29.1 Å². The second-order valence-electron chi connectivity index (χ2n) is 1.26. The normalized spacial score (nSPS) is 8.40. The highest BCUT2D eigenvalue weighted by molar-refractivity contribution is 7.99. The first-order chi connectivity index (χ1) is 4.83. The van der Waals surface area contributed by atoms with Crippen LogP contribution in [-0.4, -0.2) is 29.1 Å². The summed E-state index contributed by atoms with van der Waals surface area (Å²) in [6.07, 6.45) is 0. The van der Waals surface area contributed by atoms with Gasteiger partial charge < -0.3 is 0 Å². The van der Waals surface area contributed by atoms with Crippen LogP contribution in [0.25, 0.3) is 0 Å². The van der Waals surface area contributed by atoms with Crippen LogP contribution in [0.5, 0.6) is 0 Å². The lowest BCUT2D eigenvalue weighted by molar-refractivity contribution is 1.47. The summed E-state index contributed by atoms with van der Waals surface area (Å²) >= 11 is 17.5. The molecule has 0 aliphatic carbocycles. The molecule has 0 aliphatic rings. The molecule has 0 aromatic carbocycles. The van der Waals surface area contributed by atoms with Crippen molar-refractivity contribution in [2.24, 2.45) is 0 Å². The standard InChI is InChI=1S/C4H8Cl2S.C2H5Cl/c5-1-3-7-4-2-6;1-2-3/h1-4H2;2H2,1H3. The van der Waals surface area contributed by atoms with Gasteiger partial charge in [0, 0.05) is 29.1 Å². The van der Waals surface area contributed by atoms with E-state index in [0.717, 1.165) is 29.1 Å². The van der Waals surface area contributed by atoms with Gasteiger partial charge in [-0.15, -0.1) is 34.8 Å². The van der Waals surface area contributed by atoms with E-state index < -0.39 is 0 Å². The van der Waals surface area contributed by atoms with Crippen molar-refractivity contribution in [1.29, 1.82) is 0 Å². The van der Waals surface area contributed by atoms with Crippen molar-refractivity contribution in [3.8, 4) is 0 Å². The number of rotatable bonds is 4. The zero-order valence-electron chi connectivity index (χ0n) is 6.08. The molecule has 10 heavy (non-hydrogen) atoms. The summed E-state index contributed by atoms with van der Waals surface area (Å²) in [6.45, 7) is 1.89. The molecule has 0 saturated carbocycles. The van der Waals surface area contributed by atoms with E-state index in [1.807, 2.05) is 6.92 Å². The Morgan fingerprint density at radius 1 is 1.00 bits per heavy atom. The highest BCUT2D eigenvalue weighted by Gasteiger charge is 1.82. The summed E-state index contributed by atoms with van der Waals surface area (Å²) < 4.78 is 0. The van der Waals surface area contributed by atoms with E-state index in [9.17, 15) is 0 Å². The van der Waals surface area contributed by atoms with Crippen LogP contribution < -0.4 is 0 Å². The molecule has 0 N–H and O–H groups in total. The molecule has 0 spiro atoms. The molecular weight excluding hydrogens is 210 g/mol. The second-order valence-corrected chi connectivity index (χ2v) is 3.77. The number of alkyl halides is 3. The Kier molecular flexibility index (Phi) is 23.0. The summed E-state index contributed by atoms with van der Waals surface area (Å²) in [5, 5.41) is 0. The van der Waals surface area contributed by atoms with Crippen LogP contribution in [0.3, 0.4) is 0 Å². The van der Waals surface area contributed by atoms with E-state index in [4.69, 9.17) is 34.8 Å². The molecular formula is C6H13Cl3S. The molecule has 0 unspecified atom stereocenters. The fourth-order valence-electron chi connectivity index (χ4n) is 0.211. The molecule has 0 amide bonds. The van der Waals surface area contributed by atoms with Gasteiger partial charge in [0.25, 0.3) is 0 Å². The van der Waals surface area contributed by atoms with Crippen LogP contribution in [0.15, 0.2) is 0 Å². The van der Waals surface area contributed by atoms with E-state index in [0.29, 0.717) is 0 Å². The van der Waals surface area contributed by atoms with Gasteiger partial charge in [-0.05, 0) is 0 Å². The summed E-state index contributed by atoms with van der Waals surface area (Å²) in [6, 6.07) is 0. The summed E-state index contributed by atoms with van der Waals surface area (Å²) in [7, 11) is 0. The Hall–Kier alpha value is 1.22. The Morgan fingerprint density at radius 3 is 1.50 bits per heavy atom. The predicted octanol–water partition coefficient (Wildman–Crippen LogP) is 3.44. The first kappa shape index (κ1) is 13.8. The van der Waals surface area contributed by atoms with Crippen LogP contribution in [0.4, 0.5) is 0 Å². The molecule has 64 valence electrons. The predicted molar refractivity (Wildman–Crippen MR) is 55.2 cm³/mol. The molecule has 0 nitrogen and oxygen atoms in total. The highest BCUT2D eigenvalue weighted by atomic mass is 35.5. The lowest BCUT2D eigenvalue weighted by Crippen LogP contribution is -1.83. The van der Waals surface area contributed by atoms with Crippen molar-refractivity contribution >= 4 is 46.6 Å². The maximum Gasteiger partial charge on any atom is 0.0314 e. The Morgan fingerprint density at radius 2 is 1.30 bits per heavy atom. The van der Waals surface area contributed by atoms with Gasteiger partial charge in [0.2, 0.25) is 0 Å². The minimum Gasteiger partial charge on any atom is -0.160 e. The van der Waals surface area contributed by atoms with Gasteiger partial charge in [0.05, 0.1) is 0 Å². The maximum atomic E-state index is 5.37. The van der Waals surface area contributed by atoms with Gasteiger partial charge in [-0.2, -0.15) is 11.8 Å². The minimum atomic E-state index is 0.722. The number of thioether (sulfide) groups is 1. The summed E-state index contributed by atoms with van der Waals surface area (Å²) in [5.74, 6) is 4.24. The SMILES string of the molecule is CCCl.ClCCSCCCl. The largest absolute Gasteiger partial charge is 0.160 e. The molecule has 0 aromatic heterocycles. The van der Waals surface area contributed by atoms with Gasteiger partial charge in [-0.3, -0.25) is 0 Å². The van der Waals surface area contributed by atoms with Gasteiger partial charge in [0.1, 0.15) is 0 Å². The van der Waals surface area contributed by atoms with Crippen LogP contribution >= 0.6 is 46.6 Å². The van der Waals surface area contributed by atoms with Crippen molar-refractivity contribution in [2.45, 2.75) is 6.92 Å². The zero-order chi connectivity index (χ0) is 8.24. The highest BCUT2D eigenvalue weighted by Crippen LogP contribution is 1.99. The number of halogens is 3.